The molecule has 0 bridgehead atoms. The zero-order valence-electron chi connectivity index (χ0n) is 11.3. The second-order valence-corrected chi connectivity index (χ2v) is 4.32. The second kappa shape index (κ2) is 7.09. The van der Waals surface area contributed by atoms with Gasteiger partial charge in [-0.05, 0) is 29.8 Å². The first kappa shape index (κ1) is 14.6. The Morgan fingerprint density at radius 2 is 1.62 bits per heavy atom. The van der Waals surface area contributed by atoms with Gasteiger partial charge in [-0.15, -0.1) is 0 Å². The van der Waals surface area contributed by atoms with Crippen LogP contribution in [0, 0.1) is 0 Å². The number of nitrogens with two attached hydrogens (primary N) is 1. The summed E-state index contributed by atoms with van der Waals surface area (Å²) in [5.74, 6) is -0.340. The fourth-order valence-electron chi connectivity index (χ4n) is 1.63. The number of primary amides is 1. The van der Waals surface area contributed by atoms with E-state index in [-0.39, 0.29) is 13.2 Å². The van der Waals surface area contributed by atoms with Gasteiger partial charge in [0.15, 0.2) is 6.61 Å². The summed E-state index contributed by atoms with van der Waals surface area (Å²) in [6, 6.07) is 15.6. The fourth-order valence-corrected chi connectivity index (χ4v) is 1.63. The zero-order chi connectivity index (χ0) is 15.1. The highest BCUT2D eigenvalue weighted by Crippen LogP contribution is 2.09. The molecule has 0 aliphatic heterocycles. The molecule has 5 heteroatoms. The van der Waals surface area contributed by atoms with Crippen molar-refractivity contribution in [2.75, 3.05) is 6.61 Å². The maximum absolute atomic E-state index is 11.5. The number of para-hydroxylation sites is 1. The van der Waals surface area contributed by atoms with Gasteiger partial charge in [-0.1, -0.05) is 30.3 Å². The number of ether oxygens (including phenoxy) is 2. The van der Waals surface area contributed by atoms with Crippen LogP contribution in [0.2, 0.25) is 0 Å². The Bertz CT molecular complexity index is 608. The lowest BCUT2D eigenvalue weighted by molar-refractivity contribution is -0.147. The molecule has 0 unspecified atom stereocenters. The summed E-state index contributed by atoms with van der Waals surface area (Å²) >= 11 is 0. The van der Waals surface area contributed by atoms with Gasteiger partial charge in [0, 0.05) is 5.56 Å². The lowest BCUT2D eigenvalue weighted by atomic mass is 10.1. The first-order valence-electron chi connectivity index (χ1n) is 6.37. The van der Waals surface area contributed by atoms with Gasteiger partial charge in [0.1, 0.15) is 12.4 Å². The summed E-state index contributed by atoms with van der Waals surface area (Å²) in [6.45, 7) is -0.0284. The maximum atomic E-state index is 11.5. The molecule has 0 aliphatic rings. The third kappa shape index (κ3) is 4.65. The van der Waals surface area contributed by atoms with Crippen LogP contribution in [-0.4, -0.2) is 18.5 Å². The summed E-state index contributed by atoms with van der Waals surface area (Å²) in [5, 5.41) is 0. The van der Waals surface area contributed by atoms with Crippen LogP contribution in [0.3, 0.4) is 0 Å². The van der Waals surface area contributed by atoms with Crippen molar-refractivity contribution in [2.45, 2.75) is 6.61 Å². The van der Waals surface area contributed by atoms with Gasteiger partial charge >= 0.3 is 5.97 Å². The minimum Gasteiger partial charge on any atom is -0.482 e. The number of esters is 1. The van der Waals surface area contributed by atoms with E-state index in [0.717, 1.165) is 5.56 Å². The van der Waals surface area contributed by atoms with E-state index >= 15 is 0 Å². The van der Waals surface area contributed by atoms with Gasteiger partial charge in [-0.3, -0.25) is 4.79 Å². The molecule has 2 rings (SSSR count). The van der Waals surface area contributed by atoms with Crippen molar-refractivity contribution in [1.82, 2.24) is 0 Å². The van der Waals surface area contributed by atoms with Gasteiger partial charge in [-0.25, -0.2) is 4.79 Å². The second-order valence-electron chi connectivity index (χ2n) is 4.32. The highest BCUT2D eigenvalue weighted by atomic mass is 16.6. The molecule has 2 aromatic carbocycles. The van der Waals surface area contributed by atoms with Crippen LogP contribution in [0.4, 0.5) is 0 Å². The molecular formula is C16H15NO4. The number of hydrogen-bond donors (Lipinski definition) is 1. The van der Waals surface area contributed by atoms with Crippen molar-refractivity contribution < 1.29 is 19.1 Å². The van der Waals surface area contributed by atoms with Gasteiger partial charge < -0.3 is 15.2 Å². The Hall–Kier alpha value is -2.82. The summed E-state index contributed by atoms with van der Waals surface area (Å²) in [7, 11) is 0. The third-order valence-electron chi connectivity index (χ3n) is 2.74. The highest BCUT2D eigenvalue weighted by Gasteiger charge is 2.05. The van der Waals surface area contributed by atoms with Crippen LogP contribution in [0.15, 0.2) is 54.6 Å². The molecular weight excluding hydrogens is 270 g/mol. The van der Waals surface area contributed by atoms with Gasteiger partial charge in [-0.2, -0.15) is 0 Å². The predicted molar refractivity (Wildman–Crippen MR) is 76.7 cm³/mol. The lowest BCUT2D eigenvalue weighted by Gasteiger charge is -2.07. The van der Waals surface area contributed by atoms with Crippen molar-refractivity contribution in [3.63, 3.8) is 0 Å². The minimum absolute atomic E-state index is 0.121. The van der Waals surface area contributed by atoms with Crippen molar-refractivity contribution in [3.8, 4) is 5.75 Å². The van der Waals surface area contributed by atoms with E-state index in [1.54, 1.807) is 36.4 Å². The summed E-state index contributed by atoms with van der Waals surface area (Å²) in [5.41, 5.74) is 6.33. The monoisotopic (exact) mass is 285 g/mol. The Balaban J connectivity index is 1.77. The molecule has 0 aromatic heterocycles. The van der Waals surface area contributed by atoms with Crippen molar-refractivity contribution in [1.29, 1.82) is 0 Å². The fraction of sp³-hybridized carbons (Fsp3) is 0.125. The molecule has 2 aromatic rings. The van der Waals surface area contributed by atoms with Gasteiger partial charge in [0.25, 0.3) is 0 Å². The number of carbonyl (C=O) groups is 2. The van der Waals surface area contributed by atoms with Crippen molar-refractivity contribution in [3.05, 3.63) is 65.7 Å². The number of amides is 1. The van der Waals surface area contributed by atoms with Crippen LogP contribution < -0.4 is 10.5 Å². The quantitative estimate of drug-likeness (QED) is 0.822. The summed E-state index contributed by atoms with van der Waals surface area (Å²) in [4.78, 5) is 22.5. The minimum atomic E-state index is -0.491. The molecule has 0 atom stereocenters. The van der Waals surface area contributed by atoms with Crippen LogP contribution >= 0.6 is 0 Å². The van der Waals surface area contributed by atoms with Gasteiger partial charge in [0.05, 0.1) is 0 Å². The molecule has 5 nitrogen and oxygen atoms in total. The maximum Gasteiger partial charge on any atom is 0.344 e. The van der Waals surface area contributed by atoms with E-state index < -0.39 is 11.9 Å². The molecule has 0 saturated carbocycles. The van der Waals surface area contributed by atoms with Crippen LogP contribution in [0.5, 0.6) is 5.75 Å². The molecule has 0 heterocycles. The molecule has 0 saturated heterocycles. The Morgan fingerprint density at radius 3 is 2.24 bits per heavy atom. The van der Waals surface area contributed by atoms with E-state index in [2.05, 4.69) is 0 Å². The number of benzene rings is 2. The largest absolute Gasteiger partial charge is 0.482 e. The summed E-state index contributed by atoms with van der Waals surface area (Å²) in [6.07, 6.45) is 0. The van der Waals surface area contributed by atoms with E-state index in [0.29, 0.717) is 11.3 Å². The molecule has 21 heavy (non-hydrogen) atoms. The zero-order valence-corrected chi connectivity index (χ0v) is 11.3. The number of hydrogen-bond acceptors (Lipinski definition) is 4. The molecule has 0 spiro atoms. The predicted octanol–water partition coefficient (Wildman–Crippen LogP) is 1.91. The molecule has 108 valence electrons. The molecule has 0 aliphatic carbocycles. The molecule has 0 fully saturated rings. The van der Waals surface area contributed by atoms with Gasteiger partial charge in [0.2, 0.25) is 5.91 Å². The van der Waals surface area contributed by atoms with E-state index in [1.807, 2.05) is 18.2 Å². The first-order chi connectivity index (χ1) is 10.1. The van der Waals surface area contributed by atoms with E-state index in [1.165, 1.54) is 0 Å². The average Bonchev–Trinajstić information content (AvgIpc) is 2.52. The van der Waals surface area contributed by atoms with Crippen LogP contribution in [0.1, 0.15) is 15.9 Å². The molecule has 1 amide bonds. The Labute approximate surface area is 122 Å². The molecule has 0 radical (unpaired) electrons. The third-order valence-corrected chi connectivity index (χ3v) is 2.74. The number of carbonyl (C=O) groups excluding carboxylic acids is 2. The summed E-state index contributed by atoms with van der Waals surface area (Å²) < 4.78 is 10.3. The normalized spacial score (nSPS) is 9.90. The Morgan fingerprint density at radius 1 is 0.952 bits per heavy atom. The van der Waals surface area contributed by atoms with E-state index in [9.17, 15) is 9.59 Å². The van der Waals surface area contributed by atoms with E-state index in [4.69, 9.17) is 15.2 Å². The lowest BCUT2D eigenvalue weighted by Crippen LogP contribution is -2.15. The van der Waals surface area contributed by atoms with Crippen LogP contribution in [0.25, 0.3) is 0 Å². The highest BCUT2D eigenvalue weighted by molar-refractivity contribution is 5.92. The standard InChI is InChI=1S/C16H15NO4/c17-16(19)13-8-6-12(7-9-13)10-21-15(18)11-20-14-4-2-1-3-5-14/h1-9H,10-11H2,(H2,17,19). The SMILES string of the molecule is NC(=O)c1ccc(COC(=O)COc2ccccc2)cc1. The van der Waals surface area contributed by atoms with Crippen molar-refractivity contribution in [2.24, 2.45) is 5.73 Å². The van der Waals surface area contributed by atoms with Crippen LogP contribution in [-0.2, 0) is 16.1 Å². The first-order valence-corrected chi connectivity index (χ1v) is 6.37. The average molecular weight is 285 g/mol. The smallest absolute Gasteiger partial charge is 0.344 e. The Kier molecular flexibility index (Phi) is 4.93. The topological polar surface area (TPSA) is 78.6 Å². The van der Waals surface area contributed by atoms with Crippen molar-refractivity contribution >= 4 is 11.9 Å². The number of rotatable bonds is 6. The molecule has 2 N–H and O–H groups in total.